The van der Waals surface area contributed by atoms with Crippen molar-refractivity contribution >= 4 is 29.9 Å². The minimum absolute atomic E-state index is 0. The fraction of sp³-hybridized carbons (Fsp3) is 0.562. The smallest absolute Gasteiger partial charge is 0.191 e. The first-order valence-electron chi connectivity index (χ1n) is 8.10. The van der Waals surface area contributed by atoms with E-state index in [0.29, 0.717) is 12.5 Å². The van der Waals surface area contributed by atoms with Crippen LogP contribution in [0.3, 0.4) is 0 Å². The van der Waals surface area contributed by atoms with Gasteiger partial charge in [-0.1, -0.05) is 20.8 Å². The fourth-order valence-corrected chi connectivity index (χ4v) is 2.07. The first kappa shape index (κ1) is 20.5. The van der Waals surface area contributed by atoms with Gasteiger partial charge in [0.25, 0.3) is 0 Å². The van der Waals surface area contributed by atoms with Crippen molar-refractivity contribution in [3.05, 3.63) is 36.3 Å². The zero-order valence-corrected chi connectivity index (χ0v) is 16.9. The SMILES string of the molecule is CCc1nncn1CCNC(=NCc1ccco1)NCC(C)C.I. The highest BCUT2D eigenvalue weighted by Crippen LogP contribution is 2.01. The van der Waals surface area contributed by atoms with Gasteiger partial charge in [0.2, 0.25) is 0 Å². The van der Waals surface area contributed by atoms with E-state index in [1.807, 2.05) is 12.1 Å². The summed E-state index contributed by atoms with van der Waals surface area (Å²) in [6.07, 6.45) is 4.31. The van der Waals surface area contributed by atoms with Gasteiger partial charge in [-0.2, -0.15) is 0 Å². The van der Waals surface area contributed by atoms with Crippen LogP contribution in [0.15, 0.2) is 34.1 Å². The van der Waals surface area contributed by atoms with E-state index < -0.39 is 0 Å². The van der Waals surface area contributed by atoms with Crippen LogP contribution >= 0.6 is 24.0 Å². The number of rotatable bonds is 8. The second kappa shape index (κ2) is 11.1. The Bertz CT molecular complexity index is 593. The van der Waals surface area contributed by atoms with E-state index in [0.717, 1.165) is 43.6 Å². The van der Waals surface area contributed by atoms with Gasteiger partial charge in [0.05, 0.1) is 6.26 Å². The summed E-state index contributed by atoms with van der Waals surface area (Å²) < 4.78 is 7.38. The molecule has 8 heteroatoms. The number of hydrogen-bond donors (Lipinski definition) is 2. The Hall–Kier alpha value is -1.58. The summed E-state index contributed by atoms with van der Waals surface area (Å²) >= 11 is 0. The lowest BCUT2D eigenvalue weighted by Crippen LogP contribution is -2.40. The van der Waals surface area contributed by atoms with Gasteiger partial charge in [-0.3, -0.25) is 0 Å². The van der Waals surface area contributed by atoms with Crippen molar-refractivity contribution in [1.82, 2.24) is 25.4 Å². The maximum atomic E-state index is 5.32. The zero-order chi connectivity index (χ0) is 16.5. The molecular weight excluding hydrogens is 419 g/mol. The Morgan fingerprint density at radius 1 is 1.38 bits per heavy atom. The molecule has 0 amide bonds. The second-order valence-corrected chi connectivity index (χ2v) is 5.74. The van der Waals surface area contributed by atoms with Crippen molar-refractivity contribution < 1.29 is 4.42 Å². The average molecular weight is 446 g/mol. The molecule has 0 atom stereocenters. The quantitative estimate of drug-likeness (QED) is 0.370. The molecule has 0 aromatic carbocycles. The first-order valence-corrected chi connectivity index (χ1v) is 8.10. The van der Waals surface area contributed by atoms with E-state index in [-0.39, 0.29) is 24.0 Å². The minimum Gasteiger partial charge on any atom is -0.467 e. The van der Waals surface area contributed by atoms with Gasteiger partial charge in [0.1, 0.15) is 24.5 Å². The van der Waals surface area contributed by atoms with Crippen LogP contribution in [0.1, 0.15) is 32.4 Å². The van der Waals surface area contributed by atoms with Crippen LogP contribution in [-0.2, 0) is 19.5 Å². The van der Waals surface area contributed by atoms with Crippen LogP contribution in [0.5, 0.6) is 0 Å². The maximum Gasteiger partial charge on any atom is 0.191 e. The summed E-state index contributed by atoms with van der Waals surface area (Å²) in [5, 5.41) is 14.7. The molecule has 2 rings (SSSR count). The summed E-state index contributed by atoms with van der Waals surface area (Å²) in [7, 11) is 0. The summed E-state index contributed by atoms with van der Waals surface area (Å²) in [6, 6.07) is 3.80. The first-order chi connectivity index (χ1) is 11.2. The Balaban J connectivity index is 0.00000288. The Morgan fingerprint density at radius 3 is 2.88 bits per heavy atom. The van der Waals surface area contributed by atoms with E-state index >= 15 is 0 Å². The molecule has 0 radical (unpaired) electrons. The number of aromatic nitrogens is 3. The molecule has 0 saturated carbocycles. The summed E-state index contributed by atoms with van der Waals surface area (Å²) in [5.74, 6) is 3.19. The molecule has 134 valence electrons. The summed E-state index contributed by atoms with van der Waals surface area (Å²) in [4.78, 5) is 4.56. The number of nitrogens with one attached hydrogen (secondary N) is 2. The van der Waals surface area contributed by atoms with E-state index in [4.69, 9.17) is 4.42 Å². The molecule has 2 N–H and O–H groups in total. The standard InChI is InChI=1S/C16H26N6O.HI/c1-4-15-21-20-12-22(15)8-7-17-16(18-10-13(2)3)19-11-14-6-5-9-23-14;/h5-6,9,12-13H,4,7-8,10-11H2,1-3H3,(H2,17,18,19);1H. The van der Waals surface area contributed by atoms with Crippen LogP contribution < -0.4 is 10.6 Å². The molecule has 0 spiro atoms. The number of hydrogen-bond acceptors (Lipinski definition) is 4. The Labute approximate surface area is 160 Å². The number of guanidine groups is 1. The summed E-state index contributed by atoms with van der Waals surface area (Å²) in [5.41, 5.74) is 0. The fourth-order valence-electron chi connectivity index (χ4n) is 2.07. The van der Waals surface area contributed by atoms with Gasteiger partial charge >= 0.3 is 0 Å². The Morgan fingerprint density at radius 2 is 2.21 bits per heavy atom. The molecule has 0 fully saturated rings. The van der Waals surface area contributed by atoms with Gasteiger partial charge in [0, 0.05) is 26.1 Å². The van der Waals surface area contributed by atoms with E-state index in [2.05, 4.69) is 51.2 Å². The monoisotopic (exact) mass is 446 g/mol. The van der Waals surface area contributed by atoms with Crippen LogP contribution in [0.25, 0.3) is 0 Å². The van der Waals surface area contributed by atoms with Crippen molar-refractivity contribution in [3.8, 4) is 0 Å². The molecule has 7 nitrogen and oxygen atoms in total. The highest BCUT2D eigenvalue weighted by Gasteiger charge is 2.04. The number of halogens is 1. The molecule has 0 aliphatic carbocycles. The van der Waals surface area contributed by atoms with Crippen LogP contribution in [0, 0.1) is 5.92 Å². The number of nitrogens with zero attached hydrogens (tertiary/aromatic N) is 4. The molecule has 0 aliphatic rings. The molecule has 2 aromatic heterocycles. The second-order valence-electron chi connectivity index (χ2n) is 5.74. The lowest BCUT2D eigenvalue weighted by molar-refractivity contribution is 0.511. The molecule has 0 bridgehead atoms. The number of aliphatic imine (C=N–C) groups is 1. The molecular formula is C16H27IN6O. The third kappa shape index (κ3) is 6.90. The molecule has 2 heterocycles. The van der Waals surface area contributed by atoms with Crippen LogP contribution in [0.4, 0.5) is 0 Å². The average Bonchev–Trinajstić information content (AvgIpc) is 3.20. The van der Waals surface area contributed by atoms with Crippen LogP contribution in [0.2, 0.25) is 0 Å². The predicted molar refractivity (Wildman–Crippen MR) is 106 cm³/mol. The van der Waals surface area contributed by atoms with Gasteiger partial charge in [0.15, 0.2) is 5.96 Å². The number of aryl methyl sites for hydroxylation is 1. The third-order valence-corrected chi connectivity index (χ3v) is 3.31. The minimum atomic E-state index is 0. The highest BCUT2D eigenvalue weighted by molar-refractivity contribution is 14.0. The molecule has 2 aromatic rings. The normalized spacial score (nSPS) is 11.4. The van der Waals surface area contributed by atoms with Gasteiger partial charge in [-0.15, -0.1) is 34.2 Å². The Kier molecular flexibility index (Phi) is 9.43. The summed E-state index contributed by atoms with van der Waals surface area (Å²) in [6.45, 7) is 9.37. The molecule has 0 aliphatic heterocycles. The molecule has 0 saturated heterocycles. The van der Waals surface area contributed by atoms with E-state index in [1.54, 1.807) is 12.6 Å². The van der Waals surface area contributed by atoms with Crippen molar-refractivity contribution in [2.75, 3.05) is 13.1 Å². The molecule has 24 heavy (non-hydrogen) atoms. The van der Waals surface area contributed by atoms with Crippen molar-refractivity contribution in [3.63, 3.8) is 0 Å². The largest absolute Gasteiger partial charge is 0.467 e. The van der Waals surface area contributed by atoms with Crippen molar-refractivity contribution in [2.24, 2.45) is 10.9 Å². The lowest BCUT2D eigenvalue weighted by atomic mass is 10.2. The van der Waals surface area contributed by atoms with Gasteiger partial charge in [-0.25, -0.2) is 4.99 Å². The van der Waals surface area contributed by atoms with E-state index in [9.17, 15) is 0 Å². The maximum absolute atomic E-state index is 5.32. The predicted octanol–water partition coefficient (Wildman–Crippen LogP) is 2.44. The third-order valence-electron chi connectivity index (χ3n) is 3.31. The van der Waals surface area contributed by atoms with Crippen molar-refractivity contribution in [2.45, 2.75) is 40.3 Å². The topological polar surface area (TPSA) is 80.3 Å². The number of furan rings is 1. The van der Waals surface area contributed by atoms with Gasteiger partial charge < -0.3 is 19.6 Å². The highest BCUT2D eigenvalue weighted by atomic mass is 127. The van der Waals surface area contributed by atoms with E-state index in [1.165, 1.54) is 0 Å². The lowest BCUT2D eigenvalue weighted by Gasteiger charge is -2.14. The van der Waals surface area contributed by atoms with Crippen LogP contribution in [-0.4, -0.2) is 33.8 Å². The van der Waals surface area contributed by atoms with Gasteiger partial charge in [-0.05, 0) is 18.1 Å². The molecule has 0 unspecified atom stereocenters. The zero-order valence-electron chi connectivity index (χ0n) is 14.5. The van der Waals surface area contributed by atoms with Crippen molar-refractivity contribution in [1.29, 1.82) is 0 Å².